The van der Waals surface area contributed by atoms with E-state index >= 15 is 0 Å². The average molecular weight is 325 g/mol. The lowest BCUT2D eigenvalue weighted by Crippen LogP contribution is -2.48. The van der Waals surface area contributed by atoms with Crippen LogP contribution in [0, 0.1) is 0 Å². The summed E-state index contributed by atoms with van der Waals surface area (Å²) in [5.74, 6) is -0.0804. The lowest BCUT2D eigenvalue weighted by molar-refractivity contribution is 0.0908. The number of hydrogen-bond donors (Lipinski definition) is 1. The molecule has 1 heterocycles. The number of alkyl halides is 1. The predicted molar refractivity (Wildman–Crippen MR) is 73.9 cm³/mol. The summed E-state index contributed by atoms with van der Waals surface area (Å²) in [5, 5.41) is 6.17. The van der Waals surface area contributed by atoms with E-state index in [0.717, 1.165) is 18.2 Å². The molecule has 0 aliphatic heterocycles. The molecule has 0 radical (unpaired) electrons. The quantitative estimate of drug-likeness (QED) is 0.812. The van der Waals surface area contributed by atoms with Gasteiger partial charge in [-0.25, -0.2) is 0 Å². The van der Waals surface area contributed by atoms with Gasteiger partial charge in [-0.1, -0.05) is 41.4 Å². The Kier molecular flexibility index (Phi) is 5.28. The Bertz CT molecular complexity index is 354. The topological polar surface area (TPSA) is 29.1 Å². The second-order valence-electron chi connectivity index (χ2n) is 3.67. The summed E-state index contributed by atoms with van der Waals surface area (Å²) in [6, 6.07) is 1.74. The van der Waals surface area contributed by atoms with Gasteiger partial charge in [-0.15, -0.1) is 11.3 Å². The van der Waals surface area contributed by atoms with Gasteiger partial charge in [-0.3, -0.25) is 4.79 Å². The van der Waals surface area contributed by atoms with E-state index in [2.05, 4.69) is 35.1 Å². The highest BCUT2D eigenvalue weighted by Gasteiger charge is 2.28. The summed E-state index contributed by atoms with van der Waals surface area (Å²) in [6.45, 7) is 4.14. The Hall–Kier alpha value is -0.0600. The predicted octanol–water partition coefficient (Wildman–Crippen LogP) is 4.09. The van der Waals surface area contributed by atoms with Crippen molar-refractivity contribution in [3.05, 3.63) is 21.3 Å². The molecule has 0 unspecified atom stereocenters. The molecule has 1 N–H and O–H groups in total. The van der Waals surface area contributed by atoms with Gasteiger partial charge in [0.2, 0.25) is 0 Å². The minimum absolute atomic E-state index is 0.0804. The maximum absolute atomic E-state index is 12.0. The van der Waals surface area contributed by atoms with E-state index in [-0.39, 0.29) is 11.4 Å². The van der Waals surface area contributed by atoms with E-state index in [1.54, 1.807) is 6.07 Å². The summed E-state index contributed by atoms with van der Waals surface area (Å²) in [6.07, 6.45) is 1.78. The summed E-state index contributed by atoms with van der Waals surface area (Å²) >= 11 is 10.8. The molecule has 0 bridgehead atoms. The molecule has 2 nitrogen and oxygen atoms in total. The fourth-order valence-electron chi connectivity index (χ4n) is 1.40. The van der Waals surface area contributed by atoms with Crippen LogP contribution in [0.5, 0.6) is 0 Å². The fraction of sp³-hybridized carbons (Fsp3) is 0.545. The number of halogens is 2. The SMILES string of the molecule is CCC(CC)(CBr)NC(=O)c1sccc1Cl. The Morgan fingerprint density at radius 1 is 1.56 bits per heavy atom. The van der Waals surface area contributed by atoms with Crippen LogP contribution in [0.3, 0.4) is 0 Å². The Labute approximate surface area is 114 Å². The van der Waals surface area contributed by atoms with E-state index in [1.165, 1.54) is 11.3 Å². The zero-order valence-electron chi connectivity index (χ0n) is 9.35. The average Bonchev–Trinajstić information content (AvgIpc) is 2.72. The molecule has 1 rings (SSSR count). The van der Waals surface area contributed by atoms with E-state index in [1.807, 2.05) is 5.38 Å². The van der Waals surface area contributed by atoms with Crippen LogP contribution >= 0.6 is 38.9 Å². The van der Waals surface area contributed by atoms with Gasteiger partial charge in [0.25, 0.3) is 5.91 Å². The van der Waals surface area contributed by atoms with Crippen LogP contribution in [0.1, 0.15) is 36.4 Å². The minimum Gasteiger partial charge on any atom is -0.345 e. The molecule has 0 saturated heterocycles. The monoisotopic (exact) mass is 323 g/mol. The van der Waals surface area contributed by atoms with Gasteiger partial charge in [0.15, 0.2) is 0 Å². The number of amides is 1. The number of rotatable bonds is 5. The van der Waals surface area contributed by atoms with E-state index in [9.17, 15) is 4.79 Å². The van der Waals surface area contributed by atoms with Gasteiger partial charge < -0.3 is 5.32 Å². The van der Waals surface area contributed by atoms with Gasteiger partial charge in [0.1, 0.15) is 4.88 Å². The number of carbonyl (C=O) groups excluding carboxylic acids is 1. The van der Waals surface area contributed by atoms with Crippen molar-refractivity contribution in [1.29, 1.82) is 0 Å². The zero-order chi connectivity index (χ0) is 12.2. The Morgan fingerprint density at radius 2 is 2.19 bits per heavy atom. The molecular formula is C11H15BrClNOS. The maximum Gasteiger partial charge on any atom is 0.263 e. The Balaban J connectivity index is 2.81. The number of carbonyl (C=O) groups is 1. The highest BCUT2D eigenvalue weighted by Crippen LogP contribution is 2.24. The Morgan fingerprint density at radius 3 is 2.56 bits per heavy atom. The second-order valence-corrected chi connectivity index (χ2v) is 5.56. The highest BCUT2D eigenvalue weighted by molar-refractivity contribution is 9.09. The van der Waals surface area contributed by atoms with Crippen LogP contribution in [0.25, 0.3) is 0 Å². The molecule has 0 saturated carbocycles. The van der Waals surface area contributed by atoms with Crippen LogP contribution in [0.2, 0.25) is 5.02 Å². The standard InChI is InChI=1S/C11H15BrClNOS/c1-3-11(4-2,7-12)14-10(15)9-8(13)5-6-16-9/h5-6H,3-4,7H2,1-2H3,(H,14,15). The third-order valence-corrected chi connectivity index (χ3v) is 5.23. The normalized spacial score (nSPS) is 11.5. The largest absolute Gasteiger partial charge is 0.345 e. The lowest BCUT2D eigenvalue weighted by atomic mass is 9.95. The van der Waals surface area contributed by atoms with Crippen molar-refractivity contribution in [2.24, 2.45) is 0 Å². The van der Waals surface area contributed by atoms with E-state index in [0.29, 0.717) is 9.90 Å². The van der Waals surface area contributed by atoms with Crippen molar-refractivity contribution in [3.8, 4) is 0 Å². The molecule has 0 aliphatic carbocycles. The van der Waals surface area contributed by atoms with Crippen LogP contribution in [0.15, 0.2) is 11.4 Å². The van der Waals surface area contributed by atoms with Gasteiger partial charge in [0, 0.05) is 10.9 Å². The molecule has 0 atom stereocenters. The molecular weight excluding hydrogens is 310 g/mol. The van der Waals surface area contributed by atoms with Gasteiger partial charge in [-0.05, 0) is 24.3 Å². The molecule has 5 heteroatoms. The first-order valence-corrected chi connectivity index (χ1v) is 7.58. The molecule has 90 valence electrons. The van der Waals surface area contributed by atoms with Gasteiger partial charge >= 0.3 is 0 Å². The third kappa shape index (κ3) is 2.99. The summed E-state index contributed by atoms with van der Waals surface area (Å²) in [7, 11) is 0. The fourth-order valence-corrected chi connectivity index (χ4v) is 3.37. The lowest BCUT2D eigenvalue weighted by Gasteiger charge is -2.30. The molecule has 1 aromatic heterocycles. The van der Waals surface area contributed by atoms with Crippen molar-refractivity contribution in [2.45, 2.75) is 32.2 Å². The molecule has 0 spiro atoms. The van der Waals surface area contributed by atoms with Crippen molar-refractivity contribution in [2.75, 3.05) is 5.33 Å². The van der Waals surface area contributed by atoms with Crippen LogP contribution in [-0.2, 0) is 0 Å². The molecule has 0 aliphatic rings. The number of hydrogen-bond acceptors (Lipinski definition) is 2. The highest BCUT2D eigenvalue weighted by atomic mass is 79.9. The number of nitrogens with one attached hydrogen (secondary N) is 1. The molecule has 0 fully saturated rings. The zero-order valence-corrected chi connectivity index (χ0v) is 12.5. The molecule has 1 amide bonds. The van der Waals surface area contributed by atoms with Crippen molar-refractivity contribution >= 4 is 44.8 Å². The summed E-state index contributed by atoms with van der Waals surface area (Å²) in [4.78, 5) is 12.6. The van der Waals surface area contributed by atoms with Crippen LogP contribution < -0.4 is 5.32 Å². The molecule has 1 aromatic rings. The number of thiophene rings is 1. The first-order valence-electron chi connectivity index (χ1n) is 5.20. The first-order chi connectivity index (χ1) is 7.58. The molecule has 16 heavy (non-hydrogen) atoms. The van der Waals surface area contributed by atoms with Gasteiger partial charge in [-0.2, -0.15) is 0 Å². The smallest absolute Gasteiger partial charge is 0.263 e. The van der Waals surface area contributed by atoms with Gasteiger partial charge in [0.05, 0.1) is 5.02 Å². The minimum atomic E-state index is -0.176. The van der Waals surface area contributed by atoms with Crippen molar-refractivity contribution < 1.29 is 4.79 Å². The third-order valence-electron chi connectivity index (χ3n) is 2.81. The van der Waals surface area contributed by atoms with Crippen molar-refractivity contribution in [1.82, 2.24) is 5.32 Å². The maximum atomic E-state index is 12.0. The summed E-state index contributed by atoms with van der Waals surface area (Å²) < 4.78 is 0. The van der Waals surface area contributed by atoms with Crippen LogP contribution in [0.4, 0.5) is 0 Å². The van der Waals surface area contributed by atoms with E-state index in [4.69, 9.17) is 11.6 Å². The van der Waals surface area contributed by atoms with Crippen molar-refractivity contribution in [3.63, 3.8) is 0 Å². The van der Waals surface area contributed by atoms with Crippen LogP contribution in [-0.4, -0.2) is 16.8 Å². The first kappa shape index (κ1) is 14.0. The molecule has 0 aromatic carbocycles. The summed E-state index contributed by atoms with van der Waals surface area (Å²) in [5.41, 5.74) is -0.176. The second kappa shape index (κ2) is 6.03. The van der Waals surface area contributed by atoms with E-state index < -0.39 is 0 Å².